The number of nitriles is 1. The van der Waals surface area contributed by atoms with Crippen molar-refractivity contribution < 1.29 is 0 Å². The smallest absolute Gasteiger partial charge is 0.191 e. The van der Waals surface area contributed by atoms with Crippen LogP contribution < -0.4 is 11.5 Å². The number of hydrogen-bond donors (Lipinski definition) is 2. The standard InChI is InChI=1S/C18H23N7S.HI/c19-13-15-16(23-25(17(15)20)14-5-2-1-3-6-14)7-4-8-22-18(21)24-9-11-26-12-10-24;/h1-3,5-6H,4,7-12,20H2,(H2,21,22);1H. The van der Waals surface area contributed by atoms with Crippen molar-refractivity contribution in [2.24, 2.45) is 10.7 Å². The number of hydrogen-bond acceptors (Lipinski definition) is 5. The molecule has 1 fully saturated rings. The zero-order valence-corrected chi connectivity index (χ0v) is 18.2. The second-order valence-corrected chi connectivity index (χ2v) is 7.23. The summed E-state index contributed by atoms with van der Waals surface area (Å²) in [5.74, 6) is 3.18. The van der Waals surface area contributed by atoms with E-state index >= 15 is 0 Å². The fourth-order valence-electron chi connectivity index (χ4n) is 2.87. The lowest BCUT2D eigenvalue weighted by molar-refractivity contribution is 0.455. The van der Waals surface area contributed by atoms with Crippen LogP contribution >= 0.6 is 35.7 Å². The molecule has 1 saturated heterocycles. The number of aryl methyl sites for hydroxylation is 1. The Hall–Kier alpha value is -1.93. The van der Waals surface area contributed by atoms with Crippen molar-refractivity contribution in [2.75, 3.05) is 36.9 Å². The summed E-state index contributed by atoms with van der Waals surface area (Å²) >= 11 is 1.94. The van der Waals surface area contributed by atoms with Crippen molar-refractivity contribution in [3.8, 4) is 11.8 Å². The van der Waals surface area contributed by atoms with Crippen LogP contribution in [0.1, 0.15) is 17.7 Å². The predicted octanol–water partition coefficient (Wildman–Crippen LogP) is 2.24. The third-order valence-corrected chi connectivity index (χ3v) is 5.23. The summed E-state index contributed by atoms with van der Waals surface area (Å²) in [5, 5.41) is 14.0. The summed E-state index contributed by atoms with van der Waals surface area (Å²) in [4.78, 5) is 6.59. The van der Waals surface area contributed by atoms with Gasteiger partial charge in [-0.2, -0.15) is 22.1 Å². The van der Waals surface area contributed by atoms with Gasteiger partial charge in [0.25, 0.3) is 0 Å². The Morgan fingerprint density at radius 3 is 2.63 bits per heavy atom. The van der Waals surface area contributed by atoms with Crippen LogP contribution in [0.4, 0.5) is 5.82 Å². The molecule has 1 aliphatic heterocycles. The molecule has 1 aromatic heterocycles. The van der Waals surface area contributed by atoms with Crippen LogP contribution in [0, 0.1) is 11.3 Å². The molecule has 0 saturated carbocycles. The molecule has 4 N–H and O–H groups in total. The molecule has 2 heterocycles. The van der Waals surface area contributed by atoms with Crippen molar-refractivity contribution in [3.63, 3.8) is 0 Å². The third-order valence-electron chi connectivity index (χ3n) is 4.29. The van der Waals surface area contributed by atoms with Gasteiger partial charge in [-0.1, -0.05) is 18.2 Å². The largest absolute Gasteiger partial charge is 0.382 e. The van der Waals surface area contributed by atoms with E-state index in [1.807, 2.05) is 42.1 Å². The number of rotatable bonds is 5. The molecule has 3 rings (SSSR count). The highest BCUT2D eigenvalue weighted by Gasteiger charge is 2.16. The average Bonchev–Trinajstić information content (AvgIpc) is 3.01. The van der Waals surface area contributed by atoms with Gasteiger partial charge in [-0.05, 0) is 25.0 Å². The zero-order chi connectivity index (χ0) is 18.4. The van der Waals surface area contributed by atoms with Crippen LogP contribution in [0.5, 0.6) is 0 Å². The van der Waals surface area contributed by atoms with E-state index in [-0.39, 0.29) is 24.0 Å². The normalized spacial score (nSPS) is 14.5. The lowest BCUT2D eigenvalue weighted by Crippen LogP contribution is -2.42. The van der Waals surface area contributed by atoms with Gasteiger partial charge in [0.05, 0.1) is 11.4 Å². The minimum absolute atomic E-state index is 0. The molecule has 27 heavy (non-hydrogen) atoms. The Bertz CT molecular complexity index is 807. The topological polar surface area (TPSA) is 109 Å². The van der Waals surface area contributed by atoms with Crippen molar-refractivity contribution in [1.29, 1.82) is 5.26 Å². The number of guanidine groups is 1. The first-order chi connectivity index (χ1) is 12.7. The van der Waals surface area contributed by atoms with E-state index in [0.717, 1.165) is 36.7 Å². The molecule has 0 aliphatic carbocycles. The van der Waals surface area contributed by atoms with Gasteiger partial charge in [0.2, 0.25) is 0 Å². The number of benzene rings is 1. The van der Waals surface area contributed by atoms with E-state index < -0.39 is 0 Å². The fourth-order valence-corrected chi connectivity index (χ4v) is 3.78. The van der Waals surface area contributed by atoms with Crippen LogP contribution in [0.3, 0.4) is 0 Å². The summed E-state index contributed by atoms with van der Waals surface area (Å²) in [6, 6.07) is 11.8. The second-order valence-electron chi connectivity index (χ2n) is 6.01. The Balaban J connectivity index is 0.00000261. The molecular formula is C18H24IN7S. The average molecular weight is 497 g/mol. The van der Waals surface area contributed by atoms with Gasteiger partial charge < -0.3 is 16.4 Å². The second kappa shape index (κ2) is 10.4. The molecule has 0 amide bonds. The van der Waals surface area contributed by atoms with Crippen molar-refractivity contribution in [2.45, 2.75) is 12.8 Å². The fraction of sp³-hybridized carbons (Fsp3) is 0.389. The van der Waals surface area contributed by atoms with E-state index in [4.69, 9.17) is 11.5 Å². The van der Waals surface area contributed by atoms with Gasteiger partial charge in [0, 0.05) is 31.1 Å². The maximum absolute atomic E-state index is 9.43. The van der Waals surface area contributed by atoms with Gasteiger partial charge in [-0.25, -0.2) is 4.68 Å². The van der Waals surface area contributed by atoms with Crippen LogP contribution in [-0.4, -0.2) is 51.8 Å². The molecule has 0 radical (unpaired) electrons. The van der Waals surface area contributed by atoms with Gasteiger partial charge in [0.15, 0.2) is 5.96 Å². The molecule has 0 unspecified atom stereocenters. The lowest BCUT2D eigenvalue weighted by Gasteiger charge is -2.27. The predicted molar refractivity (Wildman–Crippen MR) is 122 cm³/mol. The molecule has 2 aromatic rings. The number of aliphatic imine (C=N–C) groups is 1. The number of halogens is 1. The number of nitrogen functional groups attached to an aromatic ring is 1. The van der Waals surface area contributed by atoms with Crippen LogP contribution in [-0.2, 0) is 6.42 Å². The summed E-state index contributed by atoms with van der Waals surface area (Å²) in [5.41, 5.74) is 14.2. The van der Waals surface area contributed by atoms with Gasteiger partial charge in [0.1, 0.15) is 17.5 Å². The molecule has 0 atom stereocenters. The third kappa shape index (κ3) is 5.29. The quantitative estimate of drug-likeness (QED) is 0.284. The number of nitrogens with two attached hydrogens (primary N) is 2. The van der Waals surface area contributed by atoms with Gasteiger partial charge >= 0.3 is 0 Å². The minimum atomic E-state index is 0. The maximum Gasteiger partial charge on any atom is 0.191 e. The first kappa shape index (κ1) is 21.4. The summed E-state index contributed by atoms with van der Waals surface area (Å²) < 4.78 is 1.62. The molecule has 1 aliphatic rings. The van der Waals surface area contributed by atoms with Gasteiger partial charge in [-0.3, -0.25) is 4.99 Å². The number of aromatic nitrogens is 2. The minimum Gasteiger partial charge on any atom is -0.382 e. The number of para-hydroxylation sites is 1. The van der Waals surface area contributed by atoms with Crippen LogP contribution in [0.15, 0.2) is 35.3 Å². The number of thioether (sulfide) groups is 1. The van der Waals surface area contributed by atoms with Crippen molar-refractivity contribution in [3.05, 3.63) is 41.6 Å². The lowest BCUT2D eigenvalue weighted by atomic mass is 10.1. The molecule has 1 aromatic carbocycles. The summed E-state index contributed by atoms with van der Waals surface area (Å²) in [6.45, 7) is 2.52. The molecule has 144 valence electrons. The first-order valence-corrected chi connectivity index (χ1v) is 9.81. The van der Waals surface area contributed by atoms with E-state index in [1.54, 1.807) is 4.68 Å². The highest BCUT2D eigenvalue weighted by atomic mass is 127. The molecule has 9 heteroatoms. The van der Waals surface area contributed by atoms with E-state index in [9.17, 15) is 5.26 Å². The molecule has 0 spiro atoms. The highest BCUT2D eigenvalue weighted by molar-refractivity contribution is 14.0. The van der Waals surface area contributed by atoms with E-state index in [0.29, 0.717) is 36.0 Å². The van der Waals surface area contributed by atoms with Crippen LogP contribution in [0.25, 0.3) is 5.69 Å². The SMILES string of the molecule is I.N#Cc1c(CCCN=C(N)N2CCSCC2)nn(-c2ccccc2)c1N. The molecule has 7 nitrogen and oxygen atoms in total. The maximum atomic E-state index is 9.43. The van der Waals surface area contributed by atoms with E-state index in [2.05, 4.69) is 21.1 Å². The van der Waals surface area contributed by atoms with Crippen LogP contribution in [0.2, 0.25) is 0 Å². The zero-order valence-electron chi connectivity index (χ0n) is 15.0. The van der Waals surface area contributed by atoms with Gasteiger partial charge in [-0.15, -0.1) is 24.0 Å². The number of nitrogens with zero attached hydrogens (tertiary/aromatic N) is 5. The van der Waals surface area contributed by atoms with Crippen molar-refractivity contribution >= 4 is 47.5 Å². The highest BCUT2D eigenvalue weighted by Crippen LogP contribution is 2.21. The Morgan fingerprint density at radius 1 is 1.26 bits per heavy atom. The Kier molecular flexibility index (Phi) is 8.24. The Labute approximate surface area is 180 Å². The van der Waals surface area contributed by atoms with E-state index in [1.165, 1.54) is 0 Å². The molecule has 0 bridgehead atoms. The first-order valence-electron chi connectivity index (χ1n) is 8.66. The summed E-state index contributed by atoms with van der Waals surface area (Å²) in [7, 11) is 0. The summed E-state index contributed by atoms with van der Waals surface area (Å²) in [6.07, 6.45) is 1.41. The van der Waals surface area contributed by atoms with Crippen molar-refractivity contribution in [1.82, 2.24) is 14.7 Å². The Morgan fingerprint density at radius 2 is 1.96 bits per heavy atom. The number of anilines is 1. The molecular weight excluding hydrogens is 473 g/mol. The monoisotopic (exact) mass is 497 g/mol.